The molecule has 0 spiro atoms. The molecule has 1 fully saturated rings. The maximum Gasteiger partial charge on any atom is 0.253 e. The molecule has 138 valence electrons. The van der Waals surface area contributed by atoms with Gasteiger partial charge >= 0.3 is 0 Å². The van der Waals surface area contributed by atoms with Gasteiger partial charge < -0.3 is 10.2 Å². The summed E-state index contributed by atoms with van der Waals surface area (Å²) in [5.41, 5.74) is 1.81. The topological polar surface area (TPSA) is 76.4 Å². The van der Waals surface area contributed by atoms with Crippen LogP contribution in [0.5, 0.6) is 0 Å². The second kappa shape index (κ2) is 8.47. The van der Waals surface area contributed by atoms with Gasteiger partial charge in [0, 0.05) is 37.4 Å². The number of hydrogen-bond donors (Lipinski definition) is 1. The van der Waals surface area contributed by atoms with E-state index in [9.17, 15) is 9.59 Å². The molecule has 3 rings (SSSR count). The quantitative estimate of drug-likeness (QED) is 0.906. The molecular weight excluding hydrogens is 340 g/mol. The Morgan fingerprint density at radius 3 is 2.41 bits per heavy atom. The fraction of sp³-hybridized carbons (Fsp3) is 0.286. The molecule has 1 N–H and O–H groups in total. The van der Waals surface area contributed by atoms with E-state index >= 15 is 0 Å². The average Bonchev–Trinajstić information content (AvgIpc) is 2.73. The molecule has 2 aromatic carbocycles. The molecule has 0 saturated carbocycles. The van der Waals surface area contributed by atoms with Crippen LogP contribution in [0.2, 0.25) is 0 Å². The first kappa shape index (κ1) is 18.6. The number of benzene rings is 2. The van der Waals surface area contributed by atoms with Crippen molar-refractivity contribution in [1.82, 2.24) is 9.80 Å². The zero-order valence-electron chi connectivity index (χ0n) is 15.3. The van der Waals surface area contributed by atoms with Crippen LogP contribution in [-0.2, 0) is 4.79 Å². The summed E-state index contributed by atoms with van der Waals surface area (Å²) in [6.07, 6.45) is 0. The third-order valence-electron chi connectivity index (χ3n) is 4.81. The van der Waals surface area contributed by atoms with Crippen LogP contribution >= 0.6 is 0 Å². The summed E-state index contributed by atoms with van der Waals surface area (Å²) in [5, 5.41) is 11.8. The third-order valence-corrected chi connectivity index (χ3v) is 4.81. The Bertz CT molecular complexity index is 852. The lowest BCUT2D eigenvalue weighted by molar-refractivity contribution is -0.121. The SMILES string of the molecule is C[C@@H](C(=O)Nc1cccc(C#N)c1)N1CCN(C(=O)c2ccccc2)CC1. The molecule has 6 heteroatoms. The van der Waals surface area contributed by atoms with Gasteiger partial charge in [-0.2, -0.15) is 5.26 Å². The maximum absolute atomic E-state index is 12.5. The number of carbonyl (C=O) groups is 2. The van der Waals surface area contributed by atoms with Crippen LogP contribution in [-0.4, -0.2) is 53.8 Å². The van der Waals surface area contributed by atoms with Gasteiger partial charge in [0.1, 0.15) is 0 Å². The van der Waals surface area contributed by atoms with Gasteiger partial charge in [0.15, 0.2) is 0 Å². The van der Waals surface area contributed by atoms with Crippen molar-refractivity contribution in [1.29, 1.82) is 5.26 Å². The van der Waals surface area contributed by atoms with Crippen molar-refractivity contribution in [2.45, 2.75) is 13.0 Å². The summed E-state index contributed by atoms with van der Waals surface area (Å²) in [4.78, 5) is 28.9. The largest absolute Gasteiger partial charge is 0.336 e. The lowest BCUT2D eigenvalue weighted by atomic mass is 10.1. The number of nitrogens with one attached hydrogen (secondary N) is 1. The van der Waals surface area contributed by atoms with Crippen molar-refractivity contribution >= 4 is 17.5 Å². The average molecular weight is 362 g/mol. The van der Waals surface area contributed by atoms with Crippen molar-refractivity contribution in [3.63, 3.8) is 0 Å². The van der Waals surface area contributed by atoms with E-state index in [4.69, 9.17) is 5.26 Å². The molecule has 0 aromatic heterocycles. The van der Waals surface area contributed by atoms with Crippen LogP contribution in [0.3, 0.4) is 0 Å². The summed E-state index contributed by atoms with van der Waals surface area (Å²) < 4.78 is 0. The molecule has 2 amide bonds. The molecule has 1 aliphatic heterocycles. The number of nitriles is 1. The predicted molar refractivity (Wildman–Crippen MR) is 103 cm³/mol. The monoisotopic (exact) mass is 362 g/mol. The van der Waals surface area contributed by atoms with Gasteiger partial charge in [-0.25, -0.2) is 0 Å². The highest BCUT2D eigenvalue weighted by Gasteiger charge is 2.27. The predicted octanol–water partition coefficient (Wildman–Crippen LogP) is 2.34. The first-order valence-electron chi connectivity index (χ1n) is 8.98. The van der Waals surface area contributed by atoms with Gasteiger partial charge in [0.25, 0.3) is 5.91 Å². The van der Waals surface area contributed by atoms with Gasteiger partial charge in [0.05, 0.1) is 17.7 Å². The summed E-state index contributed by atoms with van der Waals surface area (Å²) in [5.74, 6) is -0.0893. The zero-order chi connectivity index (χ0) is 19.2. The minimum absolute atomic E-state index is 0.0284. The lowest BCUT2D eigenvalue weighted by Crippen LogP contribution is -2.54. The Morgan fingerprint density at radius 1 is 1.04 bits per heavy atom. The lowest BCUT2D eigenvalue weighted by Gasteiger charge is -2.37. The van der Waals surface area contributed by atoms with Crippen molar-refractivity contribution in [2.75, 3.05) is 31.5 Å². The number of anilines is 1. The van der Waals surface area contributed by atoms with Gasteiger partial charge in [-0.3, -0.25) is 14.5 Å². The molecule has 0 radical (unpaired) electrons. The minimum Gasteiger partial charge on any atom is -0.336 e. The Morgan fingerprint density at radius 2 is 1.74 bits per heavy atom. The van der Waals surface area contributed by atoms with Crippen molar-refractivity contribution < 1.29 is 9.59 Å². The van der Waals surface area contributed by atoms with Crippen molar-refractivity contribution in [3.05, 3.63) is 65.7 Å². The van der Waals surface area contributed by atoms with Crippen LogP contribution in [0.4, 0.5) is 5.69 Å². The van der Waals surface area contributed by atoms with E-state index in [2.05, 4.69) is 16.3 Å². The molecule has 0 unspecified atom stereocenters. The molecule has 1 saturated heterocycles. The van der Waals surface area contributed by atoms with Gasteiger partial charge in [0.2, 0.25) is 5.91 Å². The summed E-state index contributed by atoms with van der Waals surface area (Å²) in [6.45, 7) is 4.33. The Kier molecular flexibility index (Phi) is 5.84. The molecule has 0 aliphatic carbocycles. The Labute approximate surface area is 159 Å². The number of rotatable bonds is 4. The van der Waals surface area contributed by atoms with Crippen LogP contribution in [0.25, 0.3) is 0 Å². The molecular formula is C21H22N4O2. The number of carbonyl (C=O) groups excluding carboxylic acids is 2. The number of hydrogen-bond acceptors (Lipinski definition) is 4. The van der Waals surface area contributed by atoms with E-state index in [1.807, 2.05) is 42.2 Å². The second-order valence-electron chi connectivity index (χ2n) is 6.55. The Hall–Kier alpha value is -3.17. The molecule has 1 atom stereocenters. The van der Waals surface area contributed by atoms with Gasteiger partial charge in [-0.15, -0.1) is 0 Å². The Balaban J connectivity index is 1.55. The van der Waals surface area contributed by atoms with Crippen LogP contribution in [0, 0.1) is 11.3 Å². The van der Waals surface area contributed by atoms with Gasteiger partial charge in [-0.05, 0) is 37.3 Å². The molecule has 0 bridgehead atoms. The zero-order valence-corrected chi connectivity index (χ0v) is 15.3. The normalized spacial score (nSPS) is 15.6. The fourth-order valence-electron chi connectivity index (χ4n) is 3.15. The standard InChI is InChI=1S/C21H22N4O2/c1-16(20(26)23-19-9-5-6-17(14-19)15-22)24-10-12-25(13-11-24)21(27)18-7-3-2-4-8-18/h2-9,14,16H,10-13H2,1H3,(H,23,26)/t16-/m0/s1. The van der Waals surface area contributed by atoms with Crippen LogP contribution in [0.1, 0.15) is 22.8 Å². The van der Waals surface area contributed by atoms with Crippen molar-refractivity contribution in [2.24, 2.45) is 0 Å². The summed E-state index contributed by atoms with van der Waals surface area (Å²) in [7, 11) is 0. The van der Waals surface area contributed by atoms with Crippen LogP contribution in [0.15, 0.2) is 54.6 Å². The van der Waals surface area contributed by atoms with Gasteiger partial charge in [-0.1, -0.05) is 24.3 Å². The molecule has 2 aromatic rings. The van der Waals surface area contributed by atoms with E-state index in [1.54, 1.807) is 24.3 Å². The molecule has 6 nitrogen and oxygen atoms in total. The summed E-state index contributed by atoms with van der Waals surface area (Å²) in [6, 6.07) is 17.9. The minimum atomic E-state index is -0.315. The highest BCUT2D eigenvalue weighted by molar-refractivity contribution is 5.95. The highest BCUT2D eigenvalue weighted by Crippen LogP contribution is 2.14. The third kappa shape index (κ3) is 4.52. The van der Waals surface area contributed by atoms with E-state index in [0.717, 1.165) is 0 Å². The summed E-state index contributed by atoms with van der Waals surface area (Å²) >= 11 is 0. The second-order valence-corrected chi connectivity index (χ2v) is 6.55. The smallest absolute Gasteiger partial charge is 0.253 e. The molecule has 1 aliphatic rings. The molecule has 1 heterocycles. The van der Waals surface area contributed by atoms with Crippen LogP contribution < -0.4 is 5.32 Å². The van der Waals surface area contributed by atoms with E-state index in [0.29, 0.717) is 43.0 Å². The number of nitrogens with zero attached hydrogens (tertiary/aromatic N) is 3. The van der Waals surface area contributed by atoms with E-state index in [-0.39, 0.29) is 17.9 Å². The number of piperazine rings is 1. The van der Waals surface area contributed by atoms with Crippen molar-refractivity contribution in [3.8, 4) is 6.07 Å². The van der Waals surface area contributed by atoms with E-state index < -0.39 is 0 Å². The first-order chi connectivity index (χ1) is 13.1. The highest BCUT2D eigenvalue weighted by atomic mass is 16.2. The fourth-order valence-corrected chi connectivity index (χ4v) is 3.15. The molecule has 27 heavy (non-hydrogen) atoms. The first-order valence-corrected chi connectivity index (χ1v) is 8.98. The maximum atomic E-state index is 12.5. The number of amides is 2. The van der Waals surface area contributed by atoms with E-state index in [1.165, 1.54) is 0 Å².